The molecule has 8 heavy (non-hydrogen) atoms. The summed E-state index contributed by atoms with van der Waals surface area (Å²) in [7, 11) is 1.70. The molecule has 3 nitrogen and oxygen atoms in total. The monoisotopic (exact) mass is 111 g/mol. The number of H-pyrrole nitrogens is 1. The number of nitrogens with one attached hydrogen (secondary N) is 1. The molecule has 0 amide bonds. The molecule has 0 unspecified atom stereocenters. The molecule has 0 atom stereocenters. The van der Waals surface area contributed by atoms with Crippen LogP contribution in [0.2, 0.25) is 0 Å². The minimum absolute atomic E-state index is 0.109. The van der Waals surface area contributed by atoms with Gasteiger partial charge in [-0.3, -0.25) is 4.57 Å². The van der Waals surface area contributed by atoms with Gasteiger partial charge in [0, 0.05) is 12.7 Å². The Bertz CT molecular complexity index is 233. The molecule has 43 valence electrons. The van der Waals surface area contributed by atoms with Crippen LogP contribution in [0.1, 0.15) is 5.69 Å². The molecule has 0 saturated heterocycles. The van der Waals surface area contributed by atoms with Crippen molar-refractivity contribution in [2.24, 2.45) is 7.05 Å². The van der Waals surface area contributed by atoms with Crippen molar-refractivity contribution in [2.45, 2.75) is 6.92 Å². The minimum Gasteiger partial charge on any atom is -0.304 e. The lowest BCUT2D eigenvalue weighted by Gasteiger charge is -1.86. The van der Waals surface area contributed by atoms with Crippen LogP contribution in [-0.2, 0) is 7.05 Å². The molecule has 1 heterocycles. The molecule has 0 aromatic carbocycles. The third-order valence-electron chi connectivity index (χ3n) is 1.16. The minimum atomic E-state index is -0.109. The van der Waals surface area contributed by atoms with Crippen molar-refractivity contribution >= 4 is 0 Å². The van der Waals surface area contributed by atoms with Gasteiger partial charge in [0.15, 0.2) is 0 Å². The number of nitrogens with zero attached hydrogens (tertiary/aromatic N) is 1. The zero-order chi connectivity index (χ0) is 6.15. The van der Waals surface area contributed by atoms with Crippen molar-refractivity contribution < 1.29 is 0 Å². The average molecular weight is 111 g/mol. The van der Waals surface area contributed by atoms with Crippen LogP contribution in [0.5, 0.6) is 0 Å². The standard InChI is InChI=1S/C5H7N2O/c1-4-3-6-5(8)7(4)2/h1-2H3,(H,6,8). The second-order valence-corrected chi connectivity index (χ2v) is 1.70. The fourth-order valence-electron chi connectivity index (χ4n) is 0.464. The summed E-state index contributed by atoms with van der Waals surface area (Å²) < 4.78 is 1.50. The highest BCUT2D eigenvalue weighted by Gasteiger charge is 1.92. The van der Waals surface area contributed by atoms with E-state index in [2.05, 4.69) is 11.2 Å². The number of aromatic amines is 1. The van der Waals surface area contributed by atoms with E-state index in [0.29, 0.717) is 0 Å². The van der Waals surface area contributed by atoms with Gasteiger partial charge in [-0.15, -0.1) is 0 Å². The fraction of sp³-hybridized carbons (Fsp3) is 0.400. The Labute approximate surface area is 47.0 Å². The molecule has 0 aliphatic carbocycles. The van der Waals surface area contributed by atoms with Crippen molar-refractivity contribution in [3.05, 3.63) is 22.4 Å². The molecular weight excluding hydrogens is 104 g/mol. The molecule has 1 aromatic heterocycles. The number of imidazole rings is 1. The summed E-state index contributed by atoms with van der Waals surface area (Å²) in [5, 5.41) is 0. The molecule has 3 heteroatoms. The van der Waals surface area contributed by atoms with Gasteiger partial charge in [-0.2, -0.15) is 0 Å². The van der Waals surface area contributed by atoms with E-state index < -0.39 is 0 Å². The van der Waals surface area contributed by atoms with Crippen molar-refractivity contribution in [1.29, 1.82) is 0 Å². The lowest BCUT2D eigenvalue weighted by molar-refractivity contribution is 0.830. The molecule has 0 saturated carbocycles. The maximum absolute atomic E-state index is 10.5. The summed E-state index contributed by atoms with van der Waals surface area (Å²) in [6.07, 6.45) is 2.66. The van der Waals surface area contributed by atoms with Gasteiger partial charge in [0.2, 0.25) is 0 Å². The van der Waals surface area contributed by atoms with Gasteiger partial charge in [-0.1, -0.05) is 0 Å². The first-order valence-corrected chi connectivity index (χ1v) is 2.35. The first kappa shape index (κ1) is 5.15. The summed E-state index contributed by atoms with van der Waals surface area (Å²) in [6.45, 7) is 1.82. The number of aromatic nitrogens is 2. The van der Waals surface area contributed by atoms with Crippen molar-refractivity contribution in [1.82, 2.24) is 9.55 Å². The van der Waals surface area contributed by atoms with E-state index in [4.69, 9.17) is 0 Å². The van der Waals surface area contributed by atoms with Gasteiger partial charge in [0.1, 0.15) is 0 Å². The van der Waals surface area contributed by atoms with Crippen molar-refractivity contribution in [2.75, 3.05) is 0 Å². The Balaban J connectivity index is 3.41. The van der Waals surface area contributed by atoms with E-state index in [9.17, 15) is 4.79 Å². The molecule has 0 fully saturated rings. The van der Waals surface area contributed by atoms with Crippen molar-refractivity contribution in [3.8, 4) is 0 Å². The van der Waals surface area contributed by atoms with Gasteiger partial charge < -0.3 is 4.98 Å². The Kier molecular flexibility index (Phi) is 0.970. The molecule has 1 N–H and O–H groups in total. The van der Waals surface area contributed by atoms with Crippen molar-refractivity contribution in [3.63, 3.8) is 0 Å². The van der Waals surface area contributed by atoms with Gasteiger partial charge in [-0.25, -0.2) is 4.79 Å². The zero-order valence-electron chi connectivity index (χ0n) is 4.86. The molecular formula is C5H7N2O. The topological polar surface area (TPSA) is 37.8 Å². The van der Waals surface area contributed by atoms with E-state index in [1.54, 1.807) is 7.05 Å². The Morgan fingerprint density at radius 3 is 2.50 bits per heavy atom. The lowest BCUT2D eigenvalue weighted by atomic mass is 10.5. The maximum Gasteiger partial charge on any atom is 0.325 e. The van der Waals surface area contributed by atoms with Gasteiger partial charge in [0.05, 0.1) is 6.20 Å². The smallest absolute Gasteiger partial charge is 0.304 e. The van der Waals surface area contributed by atoms with E-state index in [0.717, 1.165) is 5.69 Å². The van der Waals surface area contributed by atoms with Crippen LogP contribution in [0.25, 0.3) is 0 Å². The predicted molar refractivity (Wildman–Crippen MR) is 29.6 cm³/mol. The van der Waals surface area contributed by atoms with E-state index >= 15 is 0 Å². The molecule has 0 aliphatic heterocycles. The summed E-state index contributed by atoms with van der Waals surface area (Å²) in [4.78, 5) is 12.9. The second kappa shape index (κ2) is 1.51. The van der Waals surface area contributed by atoms with Gasteiger partial charge >= 0.3 is 5.69 Å². The highest BCUT2D eigenvalue weighted by Crippen LogP contribution is 1.82. The SMILES string of the molecule is Cc1[c][nH]c(=O)n1C. The van der Waals surface area contributed by atoms with Crippen LogP contribution in [-0.4, -0.2) is 9.55 Å². The number of hydrogen-bond acceptors (Lipinski definition) is 1. The quantitative estimate of drug-likeness (QED) is 0.495. The third-order valence-corrected chi connectivity index (χ3v) is 1.16. The maximum atomic E-state index is 10.5. The van der Waals surface area contributed by atoms with Crippen LogP contribution in [0.3, 0.4) is 0 Å². The second-order valence-electron chi connectivity index (χ2n) is 1.70. The Hall–Kier alpha value is -0.990. The summed E-state index contributed by atoms with van der Waals surface area (Å²) in [6, 6.07) is 0. The van der Waals surface area contributed by atoms with Crippen LogP contribution >= 0.6 is 0 Å². The number of rotatable bonds is 0. The molecule has 1 aromatic rings. The van der Waals surface area contributed by atoms with E-state index in [-0.39, 0.29) is 5.69 Å². The van der Waals surface area contributed by atoms with Crippen LogP contribution in [0.4, 0.5) is 0 Å². The molecule has 0 bridgehead atoms. The zero-order valence-corrected chi connectivity index (χ0v) is 4.86. The highest BCUT2D eigenvalue weighted by molar-refractivity contribution is 4.90. The first-order chi connectivity index (χ1) is 3.72. The summed E-state index contributed by atoms with van der Waals surface area (Å²) >= 11 is 0. The molecule has 0 spiro atoms. The van der Waals surface area contributed by atoms with E-state index in [1.165, 1.54) is 4.57 Å². The number of aryl methyl sites for hydroxylation is 1. The summed E-state index contributed by atoms with van der Waals surface area (Å²) in [5.41, 5.74) is 0.720. The van der Waals surface area contributed by atoms with Gasteiger partial charge in [-0.05, 0) is 6.92 Å². The fourth-order valence-corrected chi connectivity index (χ4v) is 0.464. The third kappa shape index (κ3) is 0.559. The lowest BCUT2D eigenvalue weighted by Crippen LogP contribution is -2.12. The van der Waals surface area contributed by atoms with Gasteiger partial charge in [0.25, 0.3) is 0 Å². The molecule has 1 radical (unpaired) electrons. The highest BCUT2D eigenvalue weighted by atomic mass is 16.1. The predicted octanol–water partition coefficient (Wildman–Crippen LogP) is -0.178. The Morgan fingerprint density at radius 1 is 1.75 bits per heavy atom. The Morgan fingerprint density at radius 2 is 2.38 bits per heavy atom. The van der Waals surface area contributed by atoms with Crippen LogP contribution in [0, 0.1) is 13.1 Å². The number of hydrogen-bond donors (Lipinski definition) is 1. The largest absolute Gasteiger partial charge is 0.325 e. The van der Waals surface area contributed by atoms with E-state index in [1.807, 2.05) is 6.92 Å². The average Bonchev–Trinajstić information content (AvgIpc) is 1.98. The summed E-state index contributed by atoms with van der Waals surface area (Å²) in [5.74, 6) is 0. The molecule has 1 rings (SSSR count). The van der Waals surface area contributed by atoms with Crippen LogP contribution in [0.15, 0.2) is 4.79 Å². The molecule has 0 aliphatic rings. The first-order valence-electron chi connectivity index (χ1n) is 2.35. The normalized spacial score (nSPS) is 9.75. The van der Waals surface area contributed by atoms with Crippen LogP contribution < -0.4 is 5.69 Å².